The summed E-state index contributed by atoms with van der Waals surface area (Å²) in [6.45, 7) is 6.02. The largest absolute Gasteiger partial charge is 0.204 e. The number of aromatic nitrogens is 4. The van der Waals surface area contributed by atoms with Gasteiger partial charge in [-0.1, -0.05) is 38.1 Å². The van der Waals surface area contributed by atoms with Crippen molar-refractivity contribution in [3.63, 3.8) is 0 Å². The monoisotopic (exact) mass is 190 g/mol. The van der Waals surface area contributed by atoms with E-state index in [0.717, 1.165) is 11.1 Å². The molecule has 2 rings (SSSR count). The van der Waals surface area contributed by atoms with Gasteiger partial charge in [-0.25, -0.2) is 0 Å². The minimum Gasteiger partial charge on any atom is -0.177 e. The number of tetrazole rings is 1. The van der Waals surface area contributed by atoms with Crippen molar-refractivity contribution in [2.75, 3.05) is 0 Å². The average molecular weight is 190 g/mol. The number of hydrogen-bond donors (Lipinski definition) is 1. The Morgan fingerprint density at radius 3 is 2.43 bits per heavy atom. The third kappa shape index (κ3) is 2.16. The van der Waals surface area contributed by atoms with Crippen LogP contribution in [0.3, 0.4) is 0 Å². The third-order valence-corrected chi connectivity index (χ3v) is 1.73. The first-order valence-corrected chi connectivity index (χ1v) is 4.67. The summed E-state index contributed by atoms with van der Waals surface area (Å²) in [5.74, 6) is 0.646. The molecule has 0 aliphatic carbocycles. The van der Waals surface area contributed by atoms with Crippen LogP contribution in [0.4, 0.5) is 0 Å². The lowest BCUT2D eigenvalue weighted by molar-refractivity contribution is 0.881. The number of nitrogens with zero attached hydrogens (tertiary/aromatic N) is 3. The lowest BCUT2D eigenvalue weighted by atomic mass is 10.1. The molecule has 1 aromatic heterocycles. The van der Waals surface area contributed by atoms with Crippen molar-refractivity contribution in [1.29, 1.82) is 0 Å². The highest BCUT2D eigenvalue weighted by Crippen LogP contribution is 2.16. The lowest BCUT2D eigenvalue weighted by Gasteiger charge is -1.97. The number of aryl methyl sites for hydroxylation is 1. The van der Waals surface area contributed by atoms with E-state index in [0.29, 0.717) is 5.82 Å². The summed E-state index contributed by atoms with van der Waals surface area (Å²) in [6, 6.07) is 7.93. The van der Waals surface area contributed by atoms with Crippen LogP contribution in [0.5, 0.6) is 0 Å². The molecular weight excluding hydrogens is 176 g/mol. The van der Waals surface area contributed by atoms with E-state index >= 15 is 0 Å². The van der Waals surface area contributed by atoms with Crippen molar-refractivity contribution in [3.8, 4) is 11.4 Å². The molecule has 14 heavy (non-hydrogen) atoms. The van der Waals surface area contributed by atoms with Gasteiger partial charge in [-0.15, -0.1) is 10.2 Å². The Kier molecular flexibility index (Phi) is 3.79. The van der Waals surface area contributed by atoms with E-state index in [9.17, 15) is 0 Å². The van der Waals surface area contributed by atoms with Gasteiger partial charge in [0.2, 0.25) is 5.82 Å². The van der Waals surface area contributed by atoms with Crippen molar-refractivity contribution in [3.05, 3.63) is 29.8 Å². The van der Waals surface area contributed by atoms with Gasteiger partial charge >= 0.3 is 0 Å². The van der Waals surface area contributed by atoms with Crippen molar-refractivity contribution in [1.82, 2.24) is 20.6 Å². The fourth-order valence-corrected chi connectivity index (χ4v) is 1.10. The summed E-state index contributed by atoms with van der Waals surface area (Å²) in [4.78, 5) is 0. The quantitative estimate of drug-likeness (QED) is 0.750. The maximum absolute atomic E-state index is 3.90. The second kappa shape index (κ2) is 5.11. The molecule has 0 unspecified atom stereocenters. The Labute approximate surface area is 83.4 Å². The Morgan fingerprint density at radius 2 is 1.86 bits per heavy atom. The lowest BCUT2D eigenvalue weighted by Crippen LogP contribution is -1.84. The molecule has 1 N–H and O–H groups in total. The summed E-state index contributed by atoms with van der Waals surface area (Å²) in [7, 11) is 0. The SMILES string of the molecule is CC.Cc1ccccc1-c1nn[nH]n1. The molecule has 0 fully saturated rings. The van der Waals surface area contributed by atoms with Gasteiger partial charge in [0.1, 0.15) is 0 Å². The first-order valence-electron chi connectivity index (χ1n) is 4.67. The normalized spacial score (nSPS) is 9.07. The number of aromatic amines is 1. The molecule has 0 bridgehead atoms. The second-order valence-electron chi connectivity index (χ2n) is 2.55. The van der Waals surface area contributed by atoms with Crippen LogP contribution in [0.1, 0.15) is 19.4 Å². The molecule has 0 saturated carbocycles. The molecule has 0 aliphatic heterocycles. The van der Waals surface area contributed by atoms with Crippen LogP contribution < -0.4 is 0 Å². The van der Waals surface area contributed by atoms with Gasteiger partial charge in [0, 0.05) is 5.56 Å². The molecule has 0 amide bonds. The van der Waals surface area contributed by atoms with Crippen LogP contribution in [0.2, 0.25) is 0 Å². The topological polar surface area (TPSA) is 54.5 Å². The van der Waals surface area contributed by atoms with E-state index in [1.807, 2.05) is 45.0 Å². The molecular formula is C10H14N4. The number of nitrogens with one attached hydrogen (secondary N) is 1. The molecule has 74 valence electrons. The Hall–Kier alpha value is -1.71. The highest BCUT2D eigenvalue weighted by molar-refractivity contribution is 5.58. The minimum absolute atomic E-state index is 0.646. The molecule has 1 aromatic carbocycles. The average Bonchev–Trinajstić information content (AvgIpc) is 2.75. The zero-order valence-corrected chi connectivity index (χ0v) is 8.65. The Balaban J connectivity index is 0.000000461. The number of benzene rings is 1. The summed E-state index contributed by atoms with van der Waals surface area (Å²) in [5, 5.41) is 13.7. The van der Waals surface area contributed by atoms with E-state index in [1.54, 1.807) is 0 Å². The van der Waals surface area contributed by atoms with Crippen LogP contribution >= 0.6 is 0 Å². The van der Waals surface area contributed by atoms with Gasteiger partial charge in [0.15, 0.2) is 0 Å². The first kappa shape index (κ1) is 10.4. The highest BCUT2D eigenvalue weighted by atomic mass is 15.5. The summed E-state index contributed by atoms with van der Waals surface area (Å²) in [5.41, 5.74) is 2.17. The molecule has 2 aromatic rings. The van der Waals surface area contributed by atoms with Gasteiger partial charge in [0.05, 0.1) is 0 Å². The fourth-order valence-electron chi connectivity index (χ4n) is 1.10. The first-order chi connectivity index (χ1) is 6.88. The molecule has 0 aliphatic rings. The van der Waals surface area contributed by atoms with Crippen molar-refractivity contribution in [2.45, 2.75) is 20.8 Å². The van der Waals surface area contributed by atoms with Crippen molar-refractivity contribution >= 4 is 0 Å². The van der Waals surface area contributed by atoms with Crippen LogP contribution in [0, 0.1) is 6.92 Å². The van der Waals surface area contributed by atoms with Gasteiger partial charge in [-0.2, -0.15) is 5.21 Å². The predicted octanol–water partition coefficient (Wildman–Crippen LogP) is 2.20. The van der Waals surface area contributed by atoms with Crippen molar-refractivity contribution < 1.29 is 0 Å². The van der Waals surface area contributed by atoms with E-state index in [4.69, 9.17) is 0 Å². The summed E-state index contributed by atoms with van der Waals surface area (Å²) >= 11 is 0. The molecule has 4 heteroatoms. The number of rotatable bonds is 1. The molecule has 0 atom stereocenters. The summed E-state index contributed by atoms with van der Waals surface area (Å²) < 4.78 is 0. The molecule has 4 nitrogen and oxygen atoms in total. The van der Waals surface area contributed by atoms with Gasteiger partial charge in [0.25, 0.3) is 0 Å². The fraction of sp³-hybridized carbons (Fsp3) is 0.300. The van der Waals surface area contributed by atoms with Crippen LogP contribution in [0.25, 0.3) is 11.4 Å². The molecule has 0 radical (unpaired) electrons. The smallest absolute Gasteiger partial charge is 0.177 e. The summed E-state index contributed by atoms with van der Waals surface area (Å²) in [6.07, 6.45) is 0. The van der Waals surface area contributed by atoms with Crippen LogP contribution in [0.15, 0.2) is 24.3 Å². The Bertz CT molecular complexity index is 367. The van der Waals surface area contributed by atoms with E-state index < -0.39 is 0 Å². The second-order valence-corrected chi connectivity index (χ2v) is 2.55. The zero-order valence-electron chi connectivity index (χ0n) is 8.65. The minimum atomic E-state index is 0.646. The number of H-pyrrole nitrogens is 1. The van der Waals surface area contributed by atoms with Crippen molar-refractivity contribution in [2.24, 2.45) is 0 Å². The maximum atomic E-state index is 3.90. The van der Waals surface area contributed by atoms with Gasteiger partial charge in [-0.05, 0) is 17.7 Å². The molecule has 0 spiro atoms. The predicted molar refractivity (Wildman–Crippen MR) is 55.7 cm³/mol. The van der Waals surface area contributed by atoms with Crippen LogP contribution in [-0.2, 0) is 0 Å². The standard InChI is InChI=1S/C8H8N4.C2H6/c1-6-4-2-3-5-7(6)8-9-11-12-10-8;1-2/h2-5H,1H3,(H,9,10,11,12);1-2H3. The third-order valence-electron chi connectivity index (χ3n) is 1.73. The van der Waals surface area contributed by atoms with Crippen LogP contribution in [-0.4, -0.2) is 20.6 Å². The van der Waals surface area contributed by atoms with E-state index in [-0.39, 0.29) is 0 Å². The highest BCUT2D eigenvalue weighted by Gasteiger charge is 2.03. The van der Waals surface area contributed by atoms with E-state index in [1.165, 1.54) is 0 Å². The number of hydrogen-bond acceptors (Lipinski definition) is 3. The maximum Gasteiger partial charge on any atom is 0.204 e. The van der Waals surface area contributed by atoms with E-state index in [2.05, 4.69) is 20.6 Å². The Morgan fingerprint density at radius 1 is 1.14 bits per heavy atom. The zero-order chi connectivity index (χ0) is 10.4. The van der Waals surface area contributed by atoms with Gasteiger partial charge < -0.3 is 0 Å². The van der Waals surface area contributed by atoms with Gasteiger partial charge in [-0.3, -0.25) is 0 Å². The molecule has 0 saturated heterocycles. The molecule has 1 heterocycles.